The number of aryl methyl sites for hydroxylation is 2. The van der Waals surface area contributed by atoms with Gasteiger partial charge in [0.25, 0.3) is 12.0 Å². The zero-order valence-corrected chi connectivity index (χ0v) is 10.8. The average molecular weight is 249 g/mol. The molecule has 4 heteroatoms. The summed E-state index contributed by atoms with van der Waals surface area (Å²) in [6, 6.07) is 14.2. The Morgan fingerprint density at radius 3 is 2.63 bits per heavy atom. The minimum absolute atomic E-state index is 0.659. The van der Waals surface area contributed by atoms with Crippen molar-refractivity contribution < 1.29 is 4.57 Å². The second-order valence-corrected chi connectivity index (χ2v) is 4.53. The summed E-state index contributed by atoms with van der Waals surface area (Å²) < 4.78 is 3.75. The van der Waals surface area contributed by atoms with Crippen molar-refractivity contribution in [2.75, 3.05) is 0 Å². The lowest BCUT2D eigenvalue weighted by atomic mass is 10.1. The quantitative estimate of drug-likeness (QED) is 0.620. The van der Waals surface area contributed by atoms with Gasteiger partial charge in [-0.1, -0.05) is 22.7 Å². The predicted octanol–water partition coefficient (Wildman–Crippen LogP) is 2.10. The molecule has 3 rings (SSSR count). The number of hydrogen-bond donors (Lipinski definition) is 0. The Morgan fingerprint density at radius 1 is 1.21 bits per heavy atom. The highest BCUT2D eigenvalue weighted by Crippen LogP contribution is 2.15. The maximum atomic E-state index is 9.39. The molecule has 0 amide bonds. The highest BCUT2D eigenvalue weighted by Gasteiger charge is 2.21. The van der Waals surface area contributed by atoms with E-state index in [4.69, 9.17) is 0 Å². The topological polar surface area (TPSA) is 45.0 Å². The summed E-state index contributed by atoms with van der Waals surface area (Å²) in [5.74, 6) is 0. The van der Waals surface area contributed by atoms with Crippen molar-refractivity contribution in [3.8, 4) is 11.8 Å². The Morgan fingerprint density at radius 2 is 1.95 bits per heavy atom. The minimum Gasteiger partial charge on any atom is -0.195 e. The number of rotatable bonds is 1. The van der Waals surface area contributed by atoms with Crippen LogP contribution in [0.5, 0.6) is 0 Å². The lowest BCUT2D eigenvalue weighted by molar-refractivity contribution is -0.568. The standard InChI is InChI=1S/C15H13N4/c1-11-8-12(2)19-15(14(11)9-16)18(10-17-19)13-6-4-3-5-7-13/h3-8,10H,1-2H3/q+1. The zero-order chi connectivity index (χ0) is 13.4. The van der Waals surface area contributed by atoms with Gasteiger partial charge in [0.1, 0.15) is 23.0 Å². The average Bonchev–Trinajstić information content (AvgIpc) is 2.85. The minimum atomic E-state index is 0.659. The van der Waals surface area contributed by atoms with Gasteiger partial charge < -0.3 is 0 Å². The molecule has 0 atom stereocenters. The molecule has 0 aliphatic carbocycles. The molecule has 0 aliphatic rings. The van der Waals surface area contributed by atoms with E-state index in [2.05, 4.69) is 11.2 Å². The normalized spacial score (nSPS) is 10.6. The van der Waals surface area contributed by atoms with E-state index in [9.17, 15) is 5.26 Å². The van der Waals surface area contributed by atoms with Crippen molar-refractivity contribution in [1.82, 2.24) is 9.61 Å². The van der Waals surface area contributed by atoms with Crippen LogP contribution in [0.25, 0.3) is 11.3 Å². The number of hydrogen-bond acceptors (Lipinski definition) is 2. The van der Waals surface area contributed by atoms with Gasteiger partial charge in [0, 0.05) is 5.10 Å². The molecule has 0 radical (unpaired) electrons. The number of para-hydroxylation sites is 1. The van der Waals surface area contributed by atoms with Crippen LogP contribution in [0.1, 0.15) is 16.8 Å². The smallest absolute Gasteiger partial charge is 0.195 e. The molecule has 19 heavy (non-hydrogen) atoms. The molecule has 2 heterocycles. The first kappa shape index (κ1) is 11.4. The van der Waals surface area contributed by atoms with Crippen LogP contribution >= 0.6 is 0 Å². The van der Waals surface area contributed by atoms with E-state index in [0.29, 0.717) is 5.56 Å². The second-order valence-electron chi connectivity index (χ2n) is 4.53. The molecular weight excluding hydrogens is 236 g/mol. The molecule has 0 spiro atoms. The number of benzene rings is 1. The first-order valence-electron chi connectivity index (χ1n) is 6.07. The highest BCUT2D eigenvalue weighted by molar-refractivity contribution is 5.56. The second kappa shape index (κ2) is 4.21. The molecule has 0 bridgehead atoms. The van der Waals surface area contributed by atoms with Gasteiger partial charge in [-0.15, -0.1) is 0 Å². The third-order valence-electron chi connectivity index (χ3n) is 3.23. The lowest BCUT2D eigenvalue weighted by Gasteiger charge is -2.02. The van der Waals surface area contributed by atoms with Gasteiger partial charge in [-0.25, -0.2) is 0 Å². The molecule has 92 valence electrons. The SMILES string of the molecule is Cc1cc(C)n2nc[n+](-c3ccccc3)c2c1C#N. The van der Waals surface area contributed by atoms with Gasteiger partial charge in [0.15, 0.2) is 0 Å². The molecule has 2 aromatic heterocycles. The molecule has 0 unspecified atom stereocenters. The van der Waals surface area contributed by atoms with Crippen LogP contribution in [0.4, 0.5) is 0 Å². The van der Waals surface area contributed by atoms with Crippen LogP contribution < -0.4 is 4.57 Å². The molecule has 3 aromatic rings. The summed E-state index contributed by atoms with van der Waals surface area (Å²) in [6.45, 7) is 3.94. The van der Waals surface area contributed by atoms with Gasteiger partial charge in [0.05, 0.1) is 0 Å². The summed E-state index contributed by atoms with van der Waals surface area (Å²) in [7, 11) is 0. The molecule has 0 saturated carbocycles. The maximum Gasteiger partial charge on any atom is 0.289 e. The van der Waals surface area contributed by atoms with Crippen molar-refractivity contribution in [2.24, 2.45) is 0 Å². The number of aromatic nitrogens is 3. The Hall–Kier alpha value is -2.67. The molecule has 1 aromatic carbocycles. The van der Waals surface area contributed by atoms with E-state index >= 15 is 0 Å². The Labute approximate surface area is 111 Å². The van der Waals surface area contributed by atoms with Crippen molar-refractivity contribution in [3.05, 3.63) is 59.5 Å². The molecular formula is C15H13N4+. The Bertz CT molecular complexity index is 794. The van der Waals surface area contributed by atoms with Gasteiger partial charge in [-0.3, -0.25) is 0 Å². The van der Waals surface area contributed by atoms with Crippen LogP contribution in [0, 0.1) is 25.2 Å². The van der Waals surface area contributed by atoms with E-state index in [1.54, 1.807) is 10.8 Å². The summed E-state index contributed by atoms with van der Waals surface area (Å²) in [5.41, 5.74) is 4.45. The third kappa shape index (κ3) is 1.67. The van der Waals surface area contributed by atoms with E-state index in [1.807, 2.05) is 54.8 Å². The van der Waals surface area contributed by atoms with E-state index < -0.39 is 0 Å². The van der Waals surface area contributed by atoms with Gasteiger partial charge >= 0.3 is 0 Å². The molecule has 0 fully saturated rings. The highest BCUT2D eigenvalue weighted by atomic mass is 15.3. The van der Waals surface area contributed by atoms with Crippen molar-refractivity contribution in [2.45, 2.75) is 13.8 Å². The largest absolute Gasteiger partial charge is 0.289 e. The van der Waals surface area contributed by atoms with Gasteiger partial charge in [-0.2, -0.15) is 9.83 Å². The third-order valence-corrected chi connectivity index (χ3v) is 3.23. The monoisotopic (exact) mass is 249 g/mol. The summed E-state index contributed by atoms with van der Waals surface area (Å²) in [6.07, 6.45) is 1.75. The Balaban J connectivity index is 2.43. The van der Waals surface area contributed by atoms with E-state index in [-0.39, 0.29) is 0 Å². The Kier molecular flexibility index (Phi) is 2.53. The summed E-state index contributed by atoms with van der Waals surface area (Å²) in [5, 5.41) is 13.8. The fourth-order valence-corrected chi connectivity index (χ4v) is 2.34. The van der Waals surface area contributed by atoms with Crippen LogP contribution in [0.3, 0.4) is 0 Å². The molecule has 0 N–H and O–H groups in total. The fraction of sp³-hybridized carbons (Fsp3) is 0.133. The summed E-state index contributed by atoms with van der Waals surface area (Å²) in [4.78, 5) is 0. The predicted molar refractivity (Wildman–Crippen MR) is 70.9 cm³/mol. The summed E-state index contributed by atoms with van der Waals surface area (Å²) >= 11 is 0. The van der Waals surface area contributed by atoms with Crippen LogP contribution in [-0.4, -0.2) is 9.61 Å². The van der Waals surface area contributed by atoms with E-state index in [1.165, 1.54) is 0 Å². The van der Waals surface area contributed by atoms with Crippen LogP contribution in [0.2, 0.25) is 0 Å². The number of nitrogens with zero attached hydrogens (tertiary/aromatic N) is 4. The van der Waals surface area contributed by atoms with Crippen LogP contribution in [0.15, 0.2) is 42.7 Å². The maximum absolute atomic E-state index is 9.39. The number of fused-ring (bicyclic) bond motifs is 1. The number of nitriles is 1. The van der Waals surface area contributed by atoms with Gasteiger partial charge in [0.2, 0.25) is 0 Å². The van der Waals surface area contributed by atoms with Crippen molar-refractivity contribution in [3.63, 3.8) is 0 Å². The number of pyridine rings is 1. The van der Waals surface area contributed by atoms with Gasteiger partial charge in [-0.05, 0) is 37.6 Å². The fourth-order valence-electron chi connectivity index (χ4n) is 2.34. The lowest BCUT2D eigenvalue weighted by Crippen LogP contribution is -2.30. The van der Waals surface area contributed by atoms with Crippen molar-refractivity contribution >= 4 is 5.65 Å². The zero-order valence-electron chi connectivity index (χ0n) is 10.8. The molecule has 0 aliphatic heterocycles. The van der Waals surface area contributed by atoms with Crippen LogP contribution in [-0.2, 0) is 0 Å². The first-order valence-corrected chi connectivity index (χ1v) is 6.07. The molecule has 0 saturated heterocycles. The first-order chi connectivity index (χ1) is 9.22. The molecule has 4 nitrogen and oxygen atoms in total. The van der Waals surface area contributed by atoms with Crippen molar-refractivity contribution in [1.29, 1.82) is 5.26 Å². The van der Waals surface area contributed by atoms with E-state index in [0.717, 1.165) is 22.6 Å².